The maximum Gasteiger partial charge on any atom is 0.332 e. The Morgan fingerprint density at radius 2 is 1.96 bits per heavy atom. The summed E-state index contributed by atoms with van der Waals surface area (Å²) in [7, 11) is 1.50. The summed E-state index contributed by atoms with van der Waals surface area (Å²) in [6.07, 6.45) is 0. The van der Waals surface area contributed by atoms with Crippen LogP contribution in [0.15, 0.2) is 45.3 Å². The molecule has 0 atom stereocenters. The smallest absolute Gasteiger partial charge is 0.332 e. The summed E-state index contributed by atoms with van der Waals surface area (Å²) in [5.74, 6) is -0.328. The highest BCUT2D eigenvalue weighted by Gasteiger charge is 2.16. The Morgan fingerprint density at radius 3 is 2.69 bits per heavy atom. The highest BCUT2D eigenvalue weighted by atomic mass is 32.1. The number of carbonyl (C=O) groups is 1. The molecule has 2 heterocycles. The molecule has 1 amide bonds. The van der Waals surface area contributed by atoms with Crippen LogP contribution in [0.3, 0.4) is 0 Å². The van der Waals surface area contributed by atoms with Crippen molar-refractivity contribution in [3.05, 3.63) is 62.1 Å². The molecule has 3 aromatic rings. The topological polar surface area (TPSA) is 82.3 Å². The van der Waals surface area contributed by atoms with Gasteiger partial charge in [0.25, 0.3) is 5.56 Å². The zero-order chi connectivity index (χ0) is 18.7. The Kier molecular flexibility index (Phi) is 5.34. The lowest BCUT2D eigenvalue weighted by Crippen LogP contribution is -2.42. The van der Waals surface area contributed by atoms with Crippen LogP contribution in [0.1, 0.15) is 5.56 Å². The van der Waals surface area contributed by atoms with Crippen molar-refractivity contribution in [1.29, 1.82) is 0 Å². The van der Waals surface area contributed by atoms with E-state index in [1.54, 1.807) is 17.5 Å². The monoisotopic (exact) mass is 373 g/mol. The van der Waals surface area contributed by atoms with Crippen molar-refractivity contribution in [3.8, 4) is 0 Å². The Hall–Kier alpha value is -2.71. The van der Waals surface area contributed by atoms with Crippen LogP contribution in [-0.2, 0) is 22.6 Å². The Morgan fingerprint density at radius 1 is 1.19 bits per heavy atom. The Labute approximate surface area is 153 Å². The van der Waals surface area contributed by atoms with E-state index in [1.807, 2.05) is 25.1 Å². The van der Waals surface area contributed by atoms with Crippen molar-refractivity contribution >= 4 is 33.1 Å². The summed E-state index contributed by atoms with van der Waals surface area (Å²) in [5.41, 5.74) is 1.22. The highest BCUT2D eigenvalue weighted by Crippen LogP contribution is 2.16. The average Bonchev–Trinajstić information content (AvgIpc) is 3.10. The molecule has 8 heteroatoms. The van der Waals surface area contributed by atoms with Gasteiger partial charge in [-0.25, -0.2) is 4.79 Å². The van der Waals surface area contributed by atoms with E-state index >= 15 is 0 Å². The van der Waals surface area contributed by atoms with Gasteiger partial charge in [0.05, 0.1) is 18.7 Å². The summed E-state index contributed by atoms with van der Waals surface area (Å²) in [6, 6.07) is 9.09. The van der Waals surface area contributed by atoms with Gasteiger partial charge in [-0.05, 0) is 30.0 Å². The minimum atomic E-state index is -0.516. The summed E-state index contributed by atoms with van der Waals surface area (Å²) in [4.78, 5) is 37.7. The summed E-state index contributed by atoms with van der Waals surface area (Å²) in [5, 5.41) is 4.55. The summed E-state index contributed by atoms with van der Waals surface area (Å²) >= 11 is 1.25. The number of aryl methyl sites for hydroxylation is 1. The van der Waals surface area contributed by atoms with Crippen LogP contribution in [0.5, 0.6) is 0 Å². The third-order valence-corrected chi connectivity index (χ3v) is 4.97. The molecule has 0 saturated heterocycles. The molecule has 1 N–H and O–H groups in total. The number of ether oxygens (including phenoxy) is 1. The van der Waals surface area contributed by atoms with Gasteiger partial charge in [-0.1, -0.05) is 18.2 Å². The molecule has 0 saturated carbocycles. The molecule has 0 radical (unpaired) electrons. The van der Waals surface area contributed by atoms with Crippen molar-refractivity contribution in [3.63, 3.8) is 0 Å². The lowest BCUT2D eigenvalue weighted by Gasteiger charge is -2.13. The fourth-order valence-corrected chi connectivity index (χ4v) is 3.56. The van der Waals surface area contributed by atoms with Gasteiger partial charge in [0.15, 0.2) is 0 Å². The molecule has 0 aliphatic rings. The number of anilines is 1. The van der Waals surface area contributed by atoms with Gasteiger partial charge in [0.1, 0.15) is 11.2 Å². The molecule has 0 aliphatic heterocycles. The largest absolute Gasteiger partial charge is 0.383 e. The van der Waals surface area contributed by atoms with E-state index in [9.17, 15) is 14.4 Å². The molecule has 136 valence electrons. The second kappa shape index (κ2) is 7.67. The van der Waals surface area contributed by atoms with Crippen molar-refractivity contribution < 1.29 is 9.53 Å². The van der Waals surface area contributed by atoms with Gasteiger partial charge in [-0.15, -0.1) is 11.3 Å². The lowest BCUT2D eigenvalue weighted by atomic mass is 10.2. The van der Waals surface area contributed by atoms with E-state index in [4.69, 9.17) is 4.74 Å². The van der Waals surface area contributed by atoms with Crippen LogP contribution in [-0.4, -0.2) is 28.8 Å². The van der Waals surface area contributed by atoms with Gasteiger partial charge >= 0.3 is 5.69 Å². The van der Waals surface area contributed by atoms with Gasteiger partial charge in [0, 0.05) is 12.8 Å². The van der Waals surface area contributed by atoms with E-state index in [1.165, 1.54) is 23.0 Å². The first kappa shape index (κ1) is 18.1. The number of fused-ring (bicyclic) bond motifs is 1. The number of methoxy groups -OCH3 is 1. The molecule has 0 spiro atoms. The fourth-order valence-electron chi connectivity index (χ4n) is 2.71. The average molecular weight is 373 g/mol. The number of hydrogen-bond acceptors (Lipinski definition) is 5. The van der Waals surface area contributed by atoms with Crippen LogP contribution < -0.4 is 16.6 Å². The van der Waals surface area contributed by atoms with Crippen molar-refractivity contribution in [2.24, 2.45) is 0 Å². The first-order chi connectivity index (χ1) is 12.5. The van der Waals surface area contributed by atoms with E-state index in [0.29, 0.717) is 15.9 Å². The molecule has 26 heavy (non-hydrogen) atoms. The molecular weight excluding hydrogens is 354 g/mol. The number of nitrogens with one attached hydrogen (secondary N) is 1. The number of carbonyl (C=O) groups excluding carboxylic acids is 1. The second-order valence-electron chi connectivity index (χ2n) is 5.82. The van der Waals surface area contributed by atoms with Gasteiger partial charge < -0.3 is 10.1 Å². The molecule has 0 unspecified atom stereocenters. The first-order valence-electron chi connectivity index (χ1n) is 8.08. The molecule has 0 aliphatic carbocycles. The zero-order valence-corrected chi connectivity index (χ0v) is 15.3. The summed E-state index contributed by atoms with van der Waals surface area (Å²) in [6.45, 7) is 2.10. The second-order valence-corrected chi connectivity index (χ2v) is 6.73. The lowest BCUT2D eigenvalue weighted by molar-refractivity contribution is -0.116. The summed E-state index contributed by atoms with van der Waals surface area (Å²) < 4.78 is 7.87. The van der Waals surface area contributed by atoms with E-state index < -0.39 is 5.69 Å². The van der Waals surface area contributed by atoms with Crippen LogP contribution >= 0.6 is 11.3 Å². The van der Waals surface area contributed by atoms with Crippen molar-refractivity contribution in [2.45, 2.75) is 20.0 Å². The maximum atomic E-state index is 12.8. The number of nitrogens with zero attached hydrogens (tertiary/aromatic N) is 2. The van der Waals surface area contributed by atoms with Crippen molar-refractivity contribution in [1.82, 2.24) is 9.13 Å². The molecule has 7 nitrogen and oxygen atoms in total. The molecule has 2 aromatic heterocycles. The van der Waals surface area contributed by atoms with Gasteiger partial charge in [0.2, 0.25) is 5.91 Å². The number of rotatable bonds is 6. The highest BCUT2D eigenvalue weighted by molar-refractivity contribution is 7.17. The number of thiophene rings is 1. The molecule has 1 aromatic carbocycles. The molecule has 0 bridgehead atoms. The molecule has 3 rings (SSSR count). The molecule has 0 fully saturated rings. The van der Waals surface area contributed by atoms with Crippen LogP contribution in [0.4, 0.5) is 5.69 Å². The quantitative estimate of drug-likeness (QED) is 0.715. The number of aromatic nitrogens is 2. The number of hydrogen-bond donors (Lipinski definition) is 1. The van der Waals surface area contributed by atoms with Gasteiger partial charge in [-0.2, -0.15) is 0 Å². The normalized spacial score (nSPS) is 11.0. The third-order valence-electron chi connectivity index (χ3n) is 4.08. The van der Waals surface area contributed by atoms with Gasteiger partial charge in [-0.3, -0.25) is 18.7 Å². The van der Waals surface area contributed by atoms with Crippen LogP contribution in [0.25, 0.3) is 10.2 Å². The van der Waals surface area contributed by atoms with E-state index in [-0.39, 0.29) is 31.2 Å². The number of amides is 1. The van der Waals surface area contributed by atoms with Crippen molar-refractivity contribution in [2.75, 3.05) is 19.0 Å². The van der Waals surface area contributed by atoms with E-state index in [0.717, 1.165) is 10.1 Å². The third kappa shape index (κ3) is 3.47. The SMILES string of the molecule is COCCn1c(=O)c2sccc2n(CC(=O)Nc2ccccc2C)c1=O. The van der Waals surface area contributed by atoms with Crippen LogP contribution in [0, 0.1) is 6.92 Å². The first-order valence-corrected chi connectivity index (χ1v) is 8.96. The predicted octanol–water partition coefficient (Wildman–Crippen LogP) is 1.82. The standard InChI is InChI=1S/C18H19N3O4S/c1-12-5-3-4-6-13(12)19-15(22)11-21-14-7-10-26-16(14)17(23)20(18(21)24)8-9-25-2/h3-7,10H,8-9,11H2,1-2H3,(H,19,22). The number of para-hydroxylation sites is 1. The number of benzene rings is 1. The van der Waals surface area contributed by atoms with E-state index in [2.05, 4.69) is 5.32 Å². The maximum absolute atomic E-state index is 12.8. The minimum absolute atomic E-state index is 0.140. The Balaban J connectivity index is 1.98. The van der Waals surface area contributed by atoms with Crippen LogP contribution in [0.2, 0.25) is 0 Å². The minimum Gasteiger partial charge on any atom is -0.383 e. The Bertz CT molecular complexity index is 1060. The predicted molar refractivity (Wildman–Crippen MR) is 102 cm³/mol. The fraction of sp³-hybridized carbons (Fsp3) is 0.278. The molecular formula is C18H19N3O4S. The zero-order valence-electron chi connectivity index (χ0n) is 14.5.